The van der Waals surface area contributed by atoms with Crippen molar-refractivity contribution in [2.45, 2.75) is 26.4 Å². The van der Waals surface area contributed by atoms with Crippen LogP contribution in [0.2, 0.25) is 0 Å². The first-order chi connectivity index (χ1) is 11.4. The lowest BCUT2D eigenvalue weighted by molar-refractivity contribution is 0.0523. The third-order valence-corrected chi connectivity index (χ3v) is 4.26. The van der Waals surface area contributed by atoms with Crippen LogP contribution in [-0.4, -0.2) is 27.4 Å². The molecular weight excluding hydrogens is 326 g/mol. The number of hydrogen-bond donors (Lipinski definition) is 0. The fourth-order valence-corrected chi connectivity index (χ4v) is 2.95. The Hall–Kier alpha value is -2.41. The van der Waals surface area contributed by atoms with Gasteiger partial charge in [-0.15, -0.1) is 0 Å². The molecule has 0 amide bonds. The second-order valence-electron chi connectivity index (χ2n) is 6.56. The molecule has 0 N–H and O–H groups in total. The van der Waals surface area contributed by atoms with Gasteiger partial charge in [-0.2, -0.15) is 9.78 Å². The van der Waals surface area contributed by atoms with Crippen LogP contribution in [0.1, 0.15) is 20.8 Å². The number of rotatable bonds is 2. The molecule has 124 valence electrons. The Morgan fingerprint density at radius 3 is 2.75 bits per heavy atom. The van der Waals surface area contributed by atoms with E-state index in [1.807, 2.05) is 45.0 Å². The highest BCUT2D eigenvalue weighted by Crippen LogP contribution is 2.39. The van der Waals surface area contributed by atoms with Gasteiger partial charge in [0, 0.05) is 11.1 Å². The minimum atomic E-state index is -0.587. The van der Waals surface area contributed by atoms with Crippen molar-refractivity contribution in [3.8, 4) is 11.5 Å². The minimum Gasteiger partial charge on any atom is -0.463 e. The molecule has 2 aromatic heterocycles. The highest BCUT2D eigenvalue weighted by molar-refractivity contribution is 8.07. The van der Waals surface area contributed by atoms with E-state index in [2.05, 4.69) is 9.40 Å². The molecule has 0 saturated carbocycles. The first-order valence-corrected chi connectivity index (χ1v) is 8.57. The average molecular weight is 343 g/mol. The Bertz CT molecular complexity index is 905. The highest BCUT2D eigenvalue weighted by atomic mass is 32.2. The summed E-state index contributed by atoms with van der Waals surface area (Å²) in [6.07, 6.45) is 1.09. The van der Waals surface area contributed by atoms with Gasteiger partial charge in [0.25, 0.3) is 0 Å². The van der Waals surface area contributed by atoms with E-state index in [9.17, 15) is 4.79 Å². The van der Waals surface area contributed by atoms with Crippen molar-refractivity contribution >= 4 is 34.6 Å². The van der Waals surface area contributed by atoms with Crippen molar-refractivity contribution < 1.29 is 13.9 Å². The summed E-state index contributed by atoms with van der Waals surface area (Å²) in [4.78, 5) is 12.5. The molecule has 3 aromatic rings. The first kappa shape index (κ1) is 15.1. The van der Waals surface area contributed by atoms with E-state index in [-0.39, 0.29) is 0 Å². The highest BCUT2D eigenvalue weighted by Gasteiger charge is 2.26. The zero-order valence-electron chi connectivity index (χ0n) is 13.6. The number of fused-ring (bicyclic) bond motifs is 1. The van der Waals surface area contributed by atoms with Crippen molar-refractivity contribution in [1.29, 1.82) is 0 Å². The zero-order chi connectivity index (χ0) is 16.9. The van der Waals surface area contributed by atoms with Gasteiger partial charge < -0.3 is 13.5 Å². The minimum absolute atomic E-state index is 0.501. The third-order valence-electron chi connectivity index (χ3n) is 3.53. The van der Waals surface area contributed by atoms with Crippen LogP contribution in [0.4, 0.5) is 10.5 Å². The molecule has 0 unspecified atom stereocenters. The fraction of sp³-hybridized carbons (Fsp3) is 0.294. The molecule has 0 atom stereocenters. The Balaban J connectivity index is 1.87. The van der Waals surface area contributed by atoms with Crippen molar-refractivity contribution in [2.24, 2.45) is 0 Å². The Kier molecular flexibility index (Phi) is 3.35. The lowest BCUT2D eigenvalue weighted by Gasteiger charge is -2.19. The van der Waals surface area contributed by atoms with E-state index in [0.717, 1.165) is 17.0 Å². The molecule has 6 nitrogen and oxygen atoms in total. The molecule has 1 aliphatic heterocycles. The summed E-state index contributed by atoms with van der Waals surface area (Å²) < 4.78 is 14.4. The van der Waals surface area contributed by atoms with Crippen LogP contribution in [0.5, 0.6) is 0 Å². The number of furan rings is 1. The monoisotopic (exact) mass is 343 g/mol. The molecule has 0 aliphatic carbocycles. The smallest absolute Gasteiger partial charge is 0.435 e. The molecule has 24 heavy (non-hydrogen) atoms. The predicted octanol–water partition coefficient (Wildman–Crippen LogP) is 4.51. The van der Waals surface area contributed by atoms with Crippen LogP contribution in [0.3, 0.4) is 0 Å². The molecule has 3 heterocycles. The molecule has 7 heteroatoms. The summed E-state index contributed by atoms with van der Waals surface area (Å²) in [6, 6.07) is 9.54. The van der Waals surface area contributed by atoms with Gasteiger partial charge in [0.15, 0.2) is 5.76 Å². The van der Waals surface area contributed by atoms with Gasteiger partial charge in [0.2, 0.25) is 0 Å². The van der Waals surface area contributed by atoms with Crippen LogP contribution in [0.15, 0.2) is 41.0 Å². The summed E-state index contributed by atoms with van der Waals surface area (Å²) in [7, 11) is 0. The molecule has 4 rings (SSSR count). The zero-order valence-corrected chi connectivity index (χ0v) is 14.5. The van der Waals surface area contributed by atoms with Crippen LogP contribution in [0, 0.1) is 0 Å². The van der Waals surface area contributed by atoms with Gasteiger partial charge in [-0.25, -0.2) is 4.79 Å². The van der Waals surface area contributed by atoms with Crippen molar-refractivity contribution in [1.82, 2.24) is 9.78 Å². The van der Waals surface area contributed by atoms with E-state index in [1.165, 1.54) is 4.68 Å². The molecule has 0 spiro atoms. The van der Waals surface area contributed by atoms with E-state index in [0.29, 0.717) is 17.0 Å². The fourth-order valence-electron chi connectivity index (χ4n) is 2.48. The third kappa shape index (κ3) is 2.75. The average Bonchev–Trinajstić information content (AvgIpc) is 3.08. The van der Waals surface area contributed by atoms with Crippen LogP contribution in [-0.2, 0) is 4.74 Å². The number of anilines is 1. The standard InChI is InChI=1S/C17H17N3O3S/c1-17(2,3)23-16(21)20-13-7-6-11(19-10-24-19)9-12(13)15(18-20)14-5-4-8-22-14/h4-9H,10H2,1-3H3. The van der Waals surface area contributed by atoms with Gasteiger partial charge in [-0.05, 0) is 63.1 Å². The Morgan fingerprint density at radius 1 is 1.33 bits per heavy atom. The summed E-state index contributed by atoms with van der Waals surface area (Å²) in [6.45, 7) is 5.50. The summed E-state index contributed by atoms with van der Waals surface area (Å²) >= 11 is 1.75. The first-order valence-electron chi connectivity index (χ1n) is 7.63. The van der Waals surface area contributed by atoms with Crippen molar-refractivity contribution in [3.63, 3.8) is 0 Å². The molecule has 1 saturated heterocycles. The molecule has 0 bridgehead atoms. The predicted molar refractivity (Wildman–Crippen MR) is 94.0 cm³/mol. The number of benzene rings is 1. The topological polar surface area (TPSA) is 60.3 Å². The largest absolute Gasteiger partial charge is 0.463 e. The van der Waals surface area contributed by atoms with Crippen LogP contribution in [0.25, 0.3) is 22.4 Å². The number of carbonyl (C=O) groups excluding carboxylic acids is 1. The van der Waals surface area contributed by atoms with Gasteiger partial charge in [0.05, 0.1) is 17.7 Å². The Morgan fingerprint density at radius 2 is 2.12 bits per heavy atom. The van der Waals surface area contributed by atoms with E-state index in [1.54, 1.807) is 24.3 Å². The van der Waals surface area contributed by atoms with E-state index < -0.39 is 11.7 Å². The SMILES string of the molecule is CC(C)(C)OC(=O)n1nc(-c2ccco2)c2cc(N3CS3)ccc21. The lowest BCUT2D eigenvalue weighted by atomic mass is 10.1. The summed E-state index contributed by atoms with van der Waals surface area (Å²) in [5.41, 5.74) is 1.83. The van der Waals surface area contributed by atoms with Gasteiger partial charge in [-0.3, -0.25) is 0 Å². The van der Waals surface area contributed by atoms with Crippen LogP contribution < -0.4 is 4.31 Å². The maximum Gasteiger partial charge on any atom is 0.435 e. The summed E-state index contributed by atoms with van der Waals surface area (Å²) in [5, 5.41) is 5.32. The second-order valence-corrected chi connectivity index (χ2v) is 7.51. The van der Waals surface area contributed by atoms with Crippen molar-refractivity contribution in [3.05, 3.63) is 36.6 Å². The maximum atomic E-state index is 12.5. The van der Waals surface area contributed by atoms with Gasteiger partial charge in [-0.1, -0.05) is 0 Å². The number of hydrogen-bond acceptors (Lipinski definition) is 6. The molecular formula is C17H17N3O3S. The van der Waals surface area contributed by atoms with Gasteiger partial charge in [0.1, 0.15) is 11.3 Å². The van der Waals surface area contributed by atoms with E-state index >= 15 is 0 Å². The number of ether oxygens (including phenoxy) is 1. The lowest BCUT2D eigenvalue weighted by Crippen LogP contribution is -2.27. The molecule has 1 aromatic carbocycles. The summed E-state index contributed by atoms with van der Waals surface area (Å²) in [5.74, 6) is 1.60. The molecule has 1 aliphatic rings. The number of nitrogens with zero attached hydrogens (tertiary/aromatic N) is 3. The number of carbonyl (C=O) groups is 1. The Labute approximate surface area is 143 Å². The van der Waals surface area contributed by atoms with Gasteiger partial charge >= 0.3 is 6.09 Å². The van der Waals surface area contributed by atoms with E-state index in [4.69, 9.17) is 9.15 Å². The maximum absolute atomic E-state index is 12.5. The molecule has 0 radical (unpaired) electrons. The number of aromatic nitrogens is 2. The molecule has 1 fully saturated rings. The van der Waals surface area contributed by atoms with Crippen LogP contribution >= 0.6 is 11.9 Å². The normalized spacial score (nSPS) is 14.2. The quantitative estimate of drug-likeness (QED) is 0.504. The van der Waals surface area contributed by atoms with Crippen molar-refractivity contribution in [2.75, 3.05) is 10.2 Å². The second kappa shape index (κ2) is 5.31.